The highest BCUT2D eigenvalue weighted by molar-refractivity contribution is 7.89. The van der Waals surface area contributed by atoms with Crippen LogP contribution in [0.5, 0.6) is 5.75 Å². The number of esters is 1. The summed E-state index contributed by atoms with van der Waals surface area (Å²) in [6.07, 6.45) is 4.47. The number of fused-ring (bicyclic) bond motifs is 1. The molecule has 10 heteroatoms. The fourth-order valence-electron chi connectivity index (χ4n) is 5.19. The van der Waals surface area contributed by atoms with Gasteiger partial charge in [-0.25, -0.2) is 13.2 Å². The minimum atomic E-state index is -3.88. The van der Waals surface area contributed by atoms with Crippen LogP contribution in [0, 0.1) is 5.92 Å². The van der Waals surface area contributed by atoms with Gasteiger partial charge in [-0.05, 0) is 43.4 Å². The van der Waals surface area contributed by atoms with Gasteiger partial charge in [0.15, 0.2) is 0 Å². The molecule has 0 aromatic heterocycles. The molecule has 1 aromatic carbocycles. The zero-order chi connectivity index (χ0) is 22.9. The van der Waals surface area contributed by atoms with Gasteiger partial charge in [0, 0.05) is 24.7 Å². The first-order valence-electron chi connectivity index (χ1n) is 11.0. The first kappa shape index (κ1) is 23.0. The molecule has 1 aromatic rings. The molecule has 2 aliphatic heterocycles. The van der Waals surface area contributed by atoms with E-state index in [1.807, 2.05) is 0 Å². The summed E-state index contributed by atoms with van der Waals surface area (Å²) in [5.41, 5.74) is 0.220. The predicted molar refractivity (Wildman–Crippen MR) is 115 cm³/mol. The molecule has 3 atom stereocenters. The molecule has 3 fully saturated rings. The summed E-state index contributed by atoms with van der Waals surface area (Å²) in [5.74, 6) is -0.348. The number of sulfonamides is 1. The third-order valence-corrected chi connectivity index (χ3v) is 8.71. The summed E-state index contributed by atoms with van der Waals surface area (Å²) in [7, 11) is -1.15. The average molecular weight is 467 g/mol. The molecular formula is C22H30N2O7S. The lowest BCUT2D eigenvalue weighted by Crippen LogP contribution is -2.46. The Bertz CT molecular complexity index is 974. The molecule has 1 aliphatic carbocycles. The maximum Gasteiger partial charge on any atom is 0.328 e. The van der Waals surface area contributed by atoms with Crippen molar-refractivity contribution in [2.24, 2.45) is 5.92 Å². The molecule has 3 aliphatic rings. The number of amides is 1. The van der Waals surface area contributed by atoms with Crippen LogP contribution in [0.15, 0.2) is 23.1 Å². The third kappa shape index (κ3) is 4.11. The summed E-state index contributed by atoms with van der Waals surface area (Å²) < 4.78 is 43.5. The van der Waals surface area contributed by atoms with Crippen LogP contribution >= 0.6 is 0 Å². The molecule has 176 valence electrons. The SMILES string of the molecule is COC(=O)C1CC2CCCCC2N1C(=O)c1ccc(OC)c(S(=O)(=O)N2CCOCC2)c1. The van der Waals surface area contributed by atoms with Crippen molar-refractivity contribution in [2.75, 3.05) is 40.5 Å². The molecule has 1 saturated carbocycles. The van der Waals surface area contributed by atoms with Gasteiger partial charge in [-0.3, -0.25) is 4.79 Å². The fourth-order valence-corrected chi connectivity index (χ4v) is 6.77. The van der Waals surface area contributed by atoms with E-state index >= 15 is 0 Å². The number of hydrogen-bond acceptors (Lipinski definition) is 7. The van der Waals surface area contributed by atoms with Crippen LogP contribution in [0.3, 0.4) is 0 Å². The Morgan fingerprint density at radius 2 is 1.81 bits per heavy atom. The van der Waals surface area contributed by atoms with Crippen LogP contribution < -0.4 is 4.74 Å². The summed E-state index contributed by atoms with van der Waals surface area (Å²) >= 11 is 0. The van der Waals surface area contributed by atoms with Crippen molar-refractivity contribution in [1.82, 2.24) is 9.21 Å². The van der Waals surface area contributed by atoms with Gasteiger partial charge >= 0.3 is 5.97 Å². The minimum absolute atomic E-state index is 0.0400. The molecule has 0 N–H and O–H groups in total. The van der Waals surface area contributed by atoms with Crippen LogP contribution in [-0.4, -0.2) is 82.1 Å². The van der Waals surface area contributed by atoms with E-state index in [0.29, 0.717) is 19.6 Å². The fraction of sp³-hybridized carbons (Fsp3) is 0.636. The van der Waals surface area contributed by atoms with Gasteiger partial charge in [-0.2, -0.15) is 4.31 Å². The van der Waals surface area contributed by atoms with Gasteiger partial charge in [-0.1, -0.05) is 12.8 Å². The Kier molecular flexibility index (Phi) is 6.73. The van der Waals surface area contributed by atoms with Gasteiger partial charge in [0.25, 0.3) is 5.91 Å². The normalized spacial score (nSPS) is 26.4. The lowest BCUT2D eigenvalue weighted by molar-refractivity contribution is -0.145. The van der Waals surface area contributed by atoms with Gasteiger partial charge in [0.05, 0.1) is 27.4 Å². The summed E-state index contributed by atoms with van der Waals surface area (Å²) in [6, 6.07) is 3.74. The molecule has 9 nitrogen and oxygen atoms in total. The van der Waals surface area contributed by atoms with Crippen molar-refractivity contribution in [3.63, 3.8) is 0 Å². The van der Waals surface area contributed by atoms with Gasteiger partial charge in [0.1, 0.15) is 16.7 Å². The molecule has 0 spiro atoms. The number of ether oxygens (including phenoxy) is 3. The predicted octanol–water partition coefficient (Wildman–Crippen LogP) is 1.66. The number of nitrogens with zero attached hydrogens (tertiary/aromatic N) is 2. The highest BCUT2D eigenvalue weighted by Crippen LogP contribution is 2.41. The monoisotopic (exact) mass is 466 g/mol. The van der Waals surface area contributed by atoms with E-state index < -0.39 is 22.0 Å². The number of benzene rings is 1. The molecule has 0 radical (unpaired) electrons. The minimum Gasteiger partial charge on any atom is -0.495 e. The second-order valence-electron chi connectivity index (χ2n) is 8.48. The van der Waals surface area contributed by atoms with E-state index in [-0.39, 0.29) is 47.2 Å². The van der Waals surface area contributed by atoms with Crippen LogP contribution in [0.25, 0.3) is 0 Å². The smallest absolute Gasteiger partial charge is 0.328 e. The van der Waals surface area contributed by atoms with Crippen LogP contribution in [0.4, 0.5) is 0 Å². The maximum atomic E-state index is 13.6. The van der Waals surface area contributed by atoms with E-state index in [2.05, 4.69) is 0 Å². The zero-order valence-corrected chi connectivity index (χ0v) is 19.3. The number of rotatable bonds is 5. The van der Waals surface area contributed by atoms with Gasteiger partial charge in [0.2, 0.25) is 10.0 Å². The number of methoxy groups -OCH3 is 2. The standard InChI is InChI=1S/C22H30N2O7S/c1-29-19-8-7-16(14-20(19)32(27,28)23-9-11-31-12-10-23)21(25)24-17-6-4-3-5-15(17)13-18(24)22(26)30-2/h7-8,14-15,17-18H,3-6,9-13H2,1-2H3. The van der Waals surface area contributed by atoms with Crippen molar-refractivity contribution in [2.45, 2.75) is 49.1 Å². The van der Waals surface area contributed by atoms with Gasteiger partial charge in [-0.15, -0.1) is 0 Å². The lowest BCUT2D eigenvalue weighted by atomic mass is 9.84. The number of likely N-dealkylation sites (tertiary alicyclic amines) is 1. The zero-order valence-electron chi connectivity index (χ0n) is 18.5. The largest absolute Gasteiger partial charge is 0.495 e. The molecule has 2 saturated heterocycles. The molecule has 3 unspecified atom stereocenters. The molecule has 2 heterocycles. The highest BCUT2D eigenvalue weighted by atomic mass is 32.2. The van der Waals surface area contributed by atoms with Crippen molar-refractivity contribution in [3.8, 4) is 5.75 Å². The Morgan fingerprint density at radius 1 is 1.09 bits per heavy atom. The topological polar surface area (TPSA) is 102 Å². The Labute approximate surface area is 188 Å². The number of carbonyl (C=O) groups excluding carboxylic acids is 2. The van der Waals surface area contributed by atoms with Crippen LogP contribution in [-0.2, 0) is 24.3 Å². The van der Waals surface area contributed by atoms with E-state index in [4.69, 9.17) is 14.2 Å². The Morgan fingerprint density at radius 3 is 2.50 bits per heavy atom. The molecule has 1 amide bonds. The van der Waals surface area contributed by atoms with Crippen molar-refractivity contribution in [3.05, 3.63) is 23.8 Å². The summed E-state index contributed by atoms with van der Waals surface area (Å²) in [6.45, 7) is 1.11. The second kappa shape index (κ2) is 9.36. The van der Waals surface area contributed by atoms with E-state index in [9.17, 15) is 18.0 Å². The Balaban J connectivity index is 1.70. The molecule has 4 rings (SSSR count). The van der Waals surface area contributed by atoms with Crippen LogP contribution in [0.2, 0.25) is 0 Å². The second-order valence-corrected chi connectivity index (χ2v) is 10.4. The summed E-state index contributed by atoms with van der Waals surface area (Å²) in [4.78, 5) is 27.7. The van der Waals surface area contributed by atoms with Crippen molar-refractivity contribution in [1.29, 1.82) is 0 Å². The number of hydrogen-bond donors (Lipinski definition) is 0. The quantitative estimate of drug-likeness (QED) is 0.608. The third-order valence-electron chi connectivity index (χ3n) is 6.79. The van der Waals surface area contributed by atoms with E-state index in [1.165, 1.54) is 30.7 Å². The first-order chi connectivity index (χ1) is 15.4. The average Bonchev–Trinajstić information content (AvgIpc) is 3.22. The number of carbonyl (C=O) groups is 2. The first-order valence-corrected chi connectivity index (χ1v) is 12.5. The molecule has 0 bridgehead atoms. The van der Waals surface area contributed by atoms with E-state index in [0.717, 1.165) is 25.7 Å². The van der Waals surface area contributed by atoms with Crippen LogP contribution in [0.1, 0.15) is 42.5 Å². The molecular weight excluding hydrogens is 436 g/mol. The lowest BCUT2D eigenvalue weighted by Gasteiger charge is -2.33. The van der Waals surface area contributed by atoms with E-state index in [1.54, 1.807) is 11.0 Å². The van der Waals surface area contributed by atoms with Gasteiger partial charge < -0.3 is 19.1 Å². The van der Waals surface area contributed by atoms with Crippen molar-refractivity contribution >= 4 is 21.9 Å². The number of morpholine rings is 1. The Hall–Kier alpha value is -2.17. The highest BCUT2D eigenvalue weighted by Gasteiger charge is 2.48. The maximum absolute atomic E-state index is 13.6. The van der Waals surface area contributed by atoms with Crippen molar-refractivity contribution < 1.29 is 32.2 Å². The summed E-state index contributed by atoms with van der Waals surface area (Å²) in [5, 5.41) is 0. The molecule has 32 heavy (non-hydrogen) atoms.